The fourth-order valence-corrected chi connectivity index (χ4v) is 8.94. The minimum Gasteiger partial charge on any atom is -0.497 e. The average Bonchev–Trinajstić information content (AvgIpc) is 3.70. The number of fused-ring (bicyclic) bond motifs is 7. The first-order chi connectivity index (χ1) is 23.4. The van der Waals surface area contributed by atoms with Crippen molar-refractivity contribution in [2.45, 2.75) is 49.9 Å². The number of aromatic amines is 1. The zero-order valence-corrected chi connectivity index (χ0v) is 26.8. The summed E-state index contributed by atoms with van der Waals surface area (Å²) >= 11 is 0. The summed E-state index contributed by atoms with van der Waals surface area (Å²) in [6.45, 7) is 3.93. The van der Waals surface area contributed by atoms with Crippen molar-refractivity contribution in [3.05, 3.63) is 42.1 Å². The number of rotatable bonds is 6. The standard InChI is InChI=1S/C35H38F3N7O3/c1-46-22-5-6-23(25-7-9-40-43-25)24(11-22)27-29(37)31-28-32(30(27)38)47-17-26-20-4-3-19(13-39-14-20)15-45(26)33(28)42-34(41-31)48-18-35-8-2-10-44(35)16-21(36)12-35/h5-7,9,11,19-21,26,39H,2-4,8,10,12-18H2,1H3,(H,40,43)/t19?,20?,21-,26?,35+/m1/s1. The predicted molar refractivity (Wildman–Crippen MR) is 173 cm³/mol. The highest BCUT2D eigenvalue weighted by Crippen LogP contribution is 2.49. The van der Waals surface area contributed by atoms with E-state index in [9.17, 15) is 4.39 Å². The van der Waals surface area contributed by atoms with E-state index in [0.29, 0.717) is 48.3 Å². The van der Waals surface area contributed by atoms with Crippen LogP contribution in [0.2, 0.25) is 0 Å². The molecule has 0 amide bonds. The van der Waals surface area contributed by atoms with Crippen LogP contribution in [0.5, 0.6) is 17.5 Å². The molecule has 0 aliphatic carbocycles. The number of hydrogen-bond acceptors (Lipinski definition) is 9. The molecule has 0 saturated carbocycles. The van der Waals surface area contributed by atoms with Crippen molar-refractivity contribution in [1.82, 2.24) is 30.4 Å². The number of nitrogens with one attached hydrogen (secondary N) is 2. The molecule has 5 aliphatic rings. The second kappa shape index (κ2) is 11.5. The first-order valence-electron chi connectivity index (χ1n) is 17.0. The van der Waals surface area contributed by atoms with Gasteiger partial charge in [-0.2, -0.15) is 15.1 Å². The van der Waals surface area contributed by atoms with Crippen LogP contribution in [0.3, 0.4) is 0 Å². The number of hydrogen-bond donors (Lipinski definition) is 2. The van der Waals surface area contributed by atoms with Crippen molar-refractivity contribution in [2.24, 2.45) is 11.8 Å². The van der Waals surface area contributed by atoms with Crippen LogP contribution >= 0.6 is 0 Å². The first-order valence-corrected chi connectivity index (χ1v) is 17.0. The van der Waals surface area contributed by atoms with Gasteiger partial charge in [-0.15, -0.1) is 0 Å². The average molecular weight is 662 g/mol. The van der Waals surface area contributed by atoms with E-state index < -0.39 is 23.3 Å². The van der Waals surface area contributed by atoms with E-state index in [0.717, 1.165) is 45.3 Å². The number of methoxy groups -OCH3 is 1. The molecule has 4 fully saturated rings. The number of alkyl halides is 1. The van der Waals surface area contributed by atoms with Gasteiger partial charge in [-0.25, -0.2) is 13.2 Å². The number of aromatic nitrogens is 4. The maximum atomic E-state index is 17.3. The van der Waals surface area contributed by atoms with Gasteiger partial charge in [0.05, 0.1) is 35.3 Å². The lowest BCUT2D eigenvalue weighted by Gasteiger charge is -2.37. The van der Waals surface area contributed by atoms with Gasteiger partial charge in [0.2, 0.25) is 0 Å². The largest absolute Gasteiger partial charge is 0.497 e. The van der Waals surface area contributed by atoms with Crippen LogP contribution in [0.15, 0.2) is 30.5 Å². The van der Waals surface area contributed by atoms with Crippen molar-refractivity contribution >= 4 is 16.7 Å². The number of halogens is 3. The third-order valence-electron chi connectivity index (χ3n) is 11.3. The number of anilines is 1. The maximum Gasteiger partial charge on any atom is 0.319 e. The zero-order chi connectivity index (χ0) is 32.6. The Labute approximate surface area is 276 Å². The normalized spacial score (nSPS) is 28.0. The van der Waals surface area contributed by atoms with E-state index in [4.69, 9.17) is 19.2 Å². The van der Waals surface area contributed by atoms with Gasteiger partial charge < -0.3 is 24.4 Å². The minimum absolute atomic E-state index is 0.00365. The van der Waals surface area contributed by atoms with Crippen molar-refractivity contribution in [1.29, 1.82) is 0 Å². The fourth-order valence-electron chi connectivity index (χ4n) is 8.94. The molecular weight excluding hydrogens is 623 g/mol. The second-order valence-corrected chi connectivity index (χ2v) is 14.0. The van der Waals surface area contributed by atoms with E-state index in [1.54, 1.807) is 30.5 Å². The topological polar surface area (TPSA) is 101 Å². The van der Waals surface area contributed by atoms with Gasteiger partial charge in [-0.3, -0.25) is 10.00 Å². The summed E-state index contributed by atoms with van der Waals surface area (Å²) in [5, 5.41) is 10.8. The quantitative estimate of drug-likeness (QED) is 0.292. The molecule has 0 spiro atoms. The Kier molecular flexibility index (Phi) is 7.19. The molecule has 2 aromatic heterocycles. The maximum absolute atomic E-state index is 17.3. The van der Waals surface area contributed by atoms with Crippen LogP contribution < -0.4 is 24.4 Å². The molecule has 48 heavy (non-hydrogen) atoms. The van der Waals surface area contributed by atoms with Crippen LogP contribution in [0.25, 0.3) is 33.3 Å². The predicted octanol–water partition coefficient (Wildman–Crippen LogP) is 5.13. The second-order valence-electron chi connectivity index (χ2n) is 14.0. The lowest BCUT2D eigenvalue weighted by atomic mass is 9.94. The lowest BCUT2D eigenvalue weighted by molar-refractivity contribution is 0.107. The number of benzene rings is 2. The van der Waals surface area contributed by atoms with Crippen molar-refractivity contribution in [2.75, 3.05) is 57.9 Å². The van der Waals surface area contributed by atoms with Gasteiger partial charge in [-0.05, 0) is 74.9 Å². The van der Waals surface area contributed by atoms with Crippen molar-refractivity contribution in [3.63, 3.8) is 0 Å². The van der Waals surface area contributed by atoms with Crippen molar-refractivity contribution in [3.8, 4) is 39.9 Å². The Balaban J connectivity index is 1.25. The summed E-state index contributed by atoms with van der Waals surface area (Å²) in [6, 6.07) is 6.70. The third-order valence-corrected chi connectivity index (χ3v) is 11.3. The summed E-state index contributed by atoms with van der Waals surface area (Å²) in [5.41, 5.74) is 0.571. The molecule has 7 heterocycles. The molecule has 2 bridgehead atoms. The molecule has 5 atom stereocenters. The molecule has 13 heteroatoms. The Morgan fingerprint density at radius 1 is 1.08 bits per heavy atom. The summed E-state index contributed by atoms with van der Waals surface area (Å²) in [7, 11) is 1.51. The molecular formula is C35H38F3N7O3. The Hall–Kier alpha value is -4.10. The molecule has 4 aromatic rings. The van der Waals surface area contributed by atoms with Crippen molar-refractivity contribution < 1.29 is 27.4 Å². The number of nitrogens with zero attached hydrogens (tertiary/aromatic N) is 5. The molecule has 9 rings (SSSR count). The molecule has 10 nitrogen and oxygen atoms in total. The molecule has 0 radical (unpaired) electrons. The smallest absolute Gasteiger partial charge is 0.319 e. The van der Waals surface area contributed by atoms with Crippen LogP contribution in [-0.4, -0.2) is 95.9 Å². The van der Waals surface area contributed by atoms with Crippen LogP contribution in [0.1, 0.15) is 32.1 Å². The van der Waals surface area contributed by atoms with E-state index >= 15 is 8.78 Å². The van der Waals surface area contributed by atoms with Crippen LogP contribution in [-0.2, 0) is 0 Å². The Morgan fingerprint density at radius 3 is 2.85 bits per heavy atom. The Bertz CT molecular complexity index is 1880. The zero-order valence-electron chi connectivity index (χ0n) is 26.8. The van der Waals surface area contributed by atoms with Gasteiger partial charge >= 0.3 is 6.01 Å². The molecule has 5 aliphatic heterocycles. The molecule has 2 aromatic carbocycles. The summed E-state index contributed by atoms with van der Waals surface area (Å²) in [4.78, 5) is 13.9. The lowest BCUT2D eigenvalue weighted by Crippen LogP contribution is -2.50. The molecule has 4 saturated heterocycles. The highest BCUT2D eigenvalue weighted by molar-refractivity contribution is 6.01. The Morgan fingerprint density at radius 2 is 2.00 bits per heavy atom. The summed E-state index contributed by atoms with van der Waals surface area (Å²) in [6.07, 6.45) is 4.86. The number of H-pyrrole nitrogens is 1. The monoisotopic (exact) mass is 661 g/mol. The summed E-state index contributed by atoms with van der Waals surface area (Å²) in [5.74, 6) is -0.333. The van der Waals surface area contributed by atoms with Gasteiger partial charge in [-0.1, -0.05) is 0 Å². The van der Waals surface area contributed by atoms with E-state index in [-0.39, 0.29) is 59.0 Å². The fraction of sp³-hybridized carbons (Fsp3) is 0.514. The van der Waals surface area contributed by atoms with E-state index in [1.807, 2.05) is 0 Å². The minimum atomic E-state index is -0.920. The van der Waals surface area contributed by atoms with Gasteiger partial charge in [0, 0.05) is 43.4 Å². The number of ether oxygens (including phenoxy) is 3. The van der Waals surface area contributed by atoms with Gasteiger partial charge in [0.15, 0.2) is 17.4 Å². The molecule has 2 N–H and O–H groups in total. The van der Waals surface area contributed by atoms with Gasteiger partial charge in [0.1, 0.15) is 36.5 Å². The van der Waals surface area contributed by atoms with Gasteiger partial charge in [0.25, 0.3) is 0 Å². The van der Waals surface area contributed by atoms with Crippen LogP contribution in [0, 0.1) is 23.5 Å². The highest BCUT2D eigenvalue weighted by Gasteiger charge is 2.49. The SMILES string of the molecule is COc1ccc(-c2ccn[nH]2)c(-c2c(F)c3c4c(nc(OC[C@@]56CCCN5C[C@H](F)C6)nc4c2F)N2CC4CCC(CNC4)C2CO3)c1. The molecule has 252 valence electrons. The van der Waals surface area contributed by atoms with E-state index in [2.05, 4.69) is 30.3 Å². The molecule has 3 unspecified atom stereocenters. The third kappa shape index (κ3) is 4.72. The summed E-state index contributed by atoms with van der Waals surface area (Å²) < 4.78 is 67.2. The first kappa shape index (κ1) is 30.0. The highest BCUT2D eigenvalue weighted by atomic mass is 19.1. The van der Waals surface area contributed by atoms with Crippen LogP contribution in [0.4, 0.5) is 19.0 Å². The van der Waals surface area contributed by atoms with E-state index in [1.165, 1.54) is 7.11 Å².